The number of imide groups is 3. The highest BCUT2D eigenvalue weighted by molar-refractivity contribution is 8.00. The third-order valence-corrected chi connectivity index (χ3v) is 6.69. The Morgan fingerprint density at radius 1 is 1.14 bits per heavy atom. The van der Waals surface area contributed by atoms with Crippen LogP contribution in [0.1, 0.15) is 52.2 Å². The van der Waals surface area contributed by atoms with Crippen LogP contribution in [0.2, 0.25) is 0 Å². The number of hydrogen-bond acceptors (Lipinski definition) is 10. The number of aryl methyl sites for hydroxylation is 1. The number of aromatic nitrogens is 4. The average Bonchev–Trinajstić information content (AvgIpc) is 3.40. The van der Waals surface area contributed by atoms with Crippen molar-refractivity contribution in [2.45, 2.75) is 59.3 Å². The summed E-state index contributed by atoms with van der Waals surface area (Å²) in [7, 11) is 0. The van der Waals surface area contributed by atoms with E-state index >= 15 is 0 Å². The number of amides is 3. The van der Waals surface area contributed by atoms with E-state index in [-0.39, 0.29) is 39.6 Å². The van der Waals surface area contributed by atoms with Crippen LogP contribution in [0.25, 0.3) is 11.2 Å². The fourth-order valence-electron chi connectivity index (χ4n) is 3.67. The standard InChI is InChI=1S/C23H24N6O5S.2CH4/c1-13(30)29-18(32)10-17(22(29)33)35-9-8-16(31)7-6-14-2-4-15(5-3-14)11-34-21-19-20(26-12-25-19)27-23(24)28-21;;/h2-5,12,17H,6-11H2,1H3,(H3,24,25,26,27,28);2*1H4. The molecule has 3 amide bonds. The molecule has 1 atom stereocenters. The van der Waals surface area contributed by atoms with E-state index in [2.05, 4.69) is 19.9 Å². The molecule has 3 heterocycles. The number of aromatic amines is 1. The molecule has 0 bridgehead atoms. The molecule has 0 radical (unpaired) electrons. The van der Waals surface area contributed by atoms with Crippen LogP contribution in [-0.4, -0.2) is 59.3 Å². The van der Waals surface area contributed by atoms with Gasteiger partial charge in [-0.3, -0.25) is 19.2 Å². The summed E-state index contributed by atoms with van der Waals surface area (Å²) in [4.78, 5) is 63.3. The van der Waals surface area contributed by atoms with E-state index in [4.69, 9.17) is 10.5 Å². The van der Waals surface area contributed by atoms with Crippen molar-refractivity contribution in [3.8, 4) is 5.88 Å². The summed E-state index contributed by atoms with van der Waals surface area (Å²) < 4.78 is 5.78. The first-order valence-electron chi connectivity index (χ1n) is 11.0. The second-order valence-corrected chi connectivity index (χ2v) is 9.34. The lowest BCUT2D eigenvalue weighted by Gasteiger charge is -2.10. The van der Waals surface area contributed by atoms with Crippen LogP contribution in [-0.2, 0) is 32.2 Å². The minimum absolute atomic E-state index is 0. The number of thioether (sulfide) groups is 1. The number of ether oxygens (including phenoxy) is 1. The number of likely N-dealkylation sites (tertiary alicyclic amines) is 1. The lowest BCUT2D eigenvalue weighted by molar-refractivity contribution is -0.148. The van der Waals surface area contributed by atoms with Gasteiger partial charge in [0.25, 0.3) is 0 Å². The molecule has 1 aliphatic heterocycles. The number of nitrogen functional groups attached to an aromatic ring is 1. The minimum Gasteiger partial charge on any atom is -0.471 e. The molecule has 11 nitrogen and oxygen atoms in total. The molecular weight excluding hydrogens is 496 g/mol. The highest BCUT2D eigenvalue weighted by Gasteiger charge is 2.41. The smallest absolute Gasteiger partial charge is 0.249 e. The van der Waals surface area contributed by atoms with E-state index in [0.717, 1.165) is 11.1 Å². The number of fused-ring (bicyclic) bond motifs is 1. The van der Waals surface area contributed by atoms with Gasteiger partial charge in [0, 0.05) is 31.9 Å². The van der Waals surface area contributed by atoms with E-state index in [1.54, 1.807) is 0 Å². The van der Waals surface area contributed by atoms with Crippen molar-refractivity contribution < 1.29 is 23.9 Å². The number of nitrogens with one attached hydrogen (secondary N) is 1. The normalized spacial score (nSPS) is 14.8. The number of hydrogen-bond donors (Lipinski definition) is 2. The van der Waals surface area contributed by atoms with E-state index in [9.17, 15) is 19.2 Å². The Morgan fingerprint density at radius 3 is 2.51 bits per heavy atom. The molecule has 4 rings (SSSR count). The topological polar surface area (TPSA) is 161 Å². The number of nitrogens with two attached hydrogens (primary N) is 1. The fraction of sp³-hybridized carbons (Fsp3) is 0.400. The number of anilines is 1. The Morgan fingerprint density at radius 2 is 1.84 bits per heavy atom. The number of benzene rings is 1. The van der Waals surface area contributed by atoms with E-state index < -0.39 is 23.0 Å². The van der Waals surface area contributed by atoms with Crippen molar-refractivity contribution in [1.82, 2.24) is 24.8 Å². The zero-order valence-electron chi connectivity index (χ0n) is 19.0. The molecule has 12 heteroatoms. The highest BCUT2D eigenvalue weighted by atomic mass is 32.2. The molecule has 1 saturated heterocycles. The molecular formula is C25H32N6O5S. The number of imidazole rings is 1. The molecule has 198 valence electrons. The maximum Gasteiger partial charge on any atom is 0.249 e. The average molecular weight is 529 g/mol. The first-order chi connectivity index (χ1) is 16.8. The molecule has 1 fully saturated rings. The maximum atomic E-state index is 12.3. The lowest BCUT2D eigenvalue weighted by atomic mass is 10.0. The number of carbonyl (C=O) groups excluding carboxylic acids is 4. The van der Waals surface area contributed by atoms with Gasteiger partial charge < -0.3 is 15.5 Å². The third kappa shape index (κ3) is 7.13. The Kier molecular flexibility index (Phi) is 10.3. The molecule has 2 aromatic heterocycles. The Bertz CT molecular complexity index is 1280. The molecule has 3 N–H and O–H groups in total. The third-order valence-electron chi connectivity index (χ3n) is 5.48. The molecule has 1 unspecified atom stereocenters. The Hall–Kier alpha value is -3.80. The number of H-pyrrole nitrogens is 1. The summed E-state index contributed by atoms with van der Waals surface area (Å²) in [5, 5.41) is -0.586. The Labute approximate surface area is 219 Å². The first-order valence-corrected chi connectivity index (χ1v) is 12.0. The highest BCUT2D eigenvalue weighted by Crippen LogP contribution is 2.26. The fourth-order valence-corrected chi connectivity index (χ4v) is 4.81. The zero-order valence-corrected chi connectivity index (χ0v) is 19.8. The number of nitrogens with zero attached hydrogens (tertiary/aromatic N) is 4. The minimum atomic E-state index is -0.586. The molecule has 0 saturated carbocycles. The van der Waals surface area contributed by atoms with Crippen LogP contribution < -0.4 is 10.5 Å². The number of Topliss-reactive ketones (excluding diaryl/α,β-unsaturated/α-hetero) is 1. The largest absolute Gasteiger partial charge is 0.471 e. The van der Waals surface area contributed by atoms with Gasteiger partial charge in [0.15, 0.2) is 5.65 Å². The van der Waals surface area contributed by atoms with Crippen LogP contribution in [0.5, 0.6) is 5.88 Å². The summed E-state index contributed by atoms with van der Waals surface area (Å²) in [5.74, 6) is -0.603. The quantitative estimate of drug-likeness (QED) is 0.374. The summed E-state index contributed by atoms with van der Waals surface area (Å²) in [6.07, 6.45) is 2.79. The van der Waals surface area contributed by atoms with Gasteiger partial charge in [-0.05, 0) is 17.5 Å². The van der Waals surface area contributed by atoms with Crippen LogP contribution >= 0.6 is 11.8 Å². The zero-order chi connectivity index (χ0) is 24.9. The van der Waals surface area contributed by atoms with E-state index in [1.165, 1.54) is 25.0 Å². The monoisotopic (exact) mass is 528 g/mol. The van der Waals surface area contributed by atoms with E-state index in [1.807, 2.05) is 24.3 Å². The number of ketones is 1. The SMILES string of the molecule is C.C.CC(=O)N1C(=O)CC(SCCC(=O)CCc2ccc(COc3nc(N)nc4nc[nH]c34)cc2)C1=O. The predicted molar refractivity (Wildman–Crippen MR) is 142 cm³/mol. The van der Waals surface area contributed by atoms with Gasteiger partial charge in [-0.25, -0.2) is 9.88 Å². The van der Waals surface area contributed by atoms with Crippen molar-refractivity contribution in [3.05, 3.63) is 41.7 Å². The molecule has 3 aromatic rings. The van der Waals surface area contributed by atoms with Gasteiger partial charge in [-0.15, -0.1) is 11.8 Å². The van der Waals surface area contributed by atoms with Crippen molar-refractivity contribution >= 4 is 52.4 Å². The van der Waals surface area contributed by atoms with E-state index in [0.29, 0.717) is 47.0 Å². The second-order valence-electron chi connectivity index (χ2n) is 8.03. The summed E-state index contributed by atoms with van der Waals surface area (Å²) in [6, 6.07) is 7.74. The summed E-state index contributed by atoms with van der Waals surface area (Å²) in [5.41, 5.74) is 8.65. The number of carbonyl (C=O) groups is 4. The second kappa shape index (κ2) is 12.9. The summed E-state index contributed by atoms with van der Waals surface area (Å²) >= 11 is 1.25. The van der Waals surface area contributed by atoms with Gasteiger partial charge in [-0.1, -0.05) is 39.1 Å². The first kappa shape index (κ1) is 29.4. The van der Waals surface area contributed by atoms with Gasteiger partial charge >= 0.3 is 0 Å². The van der Waals surface area contributed by atoms with Crippen LogP contribution in [0.4, 0.5) is 5.95 Å². The molecule has 0 spiro atoms. The van der Waals surface area contributed by atoms with Gasteiger partial charge in [-0.2, -0.15) is 9.97 Å². The van der Waals surface area contributed by atoms with Crippen molar-refractivity contribution in [2.75, 3.05) is 11.5 Å². The molecule has 1 aromatic carbocycles. The predicted octanol–water partition coefficient (Wildman–Crippen LogP) is 3.09. The van der Waals surface area contributed by atoms with Gasteiger partial charge in [0.1, 0.15) is 17.9 Å². The maximum absolute atomic E-state index is 12.3. The van der Waals surface area contributed by atoms with Crippen molar-refractivity contribution in [1.29, 1.82) is 0 Å². The summed E-state index contributed by atoms with van der Waals surface area (Å²) in [6.45, 7) is 1.48. The molecule has 37 heavy (non-hydrogen) atoms. The van der Waals surface area contributed by atoms with Crippen molar-refractivity contribution in [3.63, 3.8) is 0 Å². The van der Waals surface area contributed by atoms with Crippen LogP contribution in [0.3, 0.4) is 0 Å². The van der Waals surface area contributed by atoms with Crippen LogP contribution in [0.15, 0.2) is 30.6 Å². The molecule has 1 aliphatic rings. The Balaban J connectivity index is 0.00000241. The van der Waals surface area contributed by atoms with Gasteiger partial charge in [0.05, 0.1) is 11.6 Å². The molecule has 0 aliphatic carbocycles. The lowest BCUT2D eigenvalue weighted by Crippen LogP contribution is -2.35. The number of rotatable bonds is 10. The van der Waals surface area contributed by atoms with Crippen LogP contribution in [0, 0.1) is 0 Å². The van der Waals surface area contributed by atoms with Gasteiger partial charge in [0.2, 0.25) is 29.5 Å². The van der Waals surface area contributed by atoms with Crippen molar-refractivity contribution in [2.24, 2.45) is 0 Å².